The fourth-order valence-electron chi connectivity index (χ4n) is 3.90. The molecule has 0 radical (unpaired) electrons. The van der Waals surface area contributed by atoms with Crippen LogP contribution in [0, 0.1) is 17.3 Å². The van der Waals surface area contributed by atoms with Gasteiger partial charge in [0.1, 0.15) is 6.10 Å². The van der Waals surface area contributed by atoms with Crippen molar-refractivity contribution in [3.63, 3.8) is 0 Å². The number of ether oxygens (including phenoxy) is 2. The molecule has 2 rings (SSSR count). The zero-order chi connectivity index (χ0) is 22.1. The predicted octanol–water partition coefficient (Wildman–Crippen LogP) is 1.88. The molecule has 1 fully saturated rings. The highest BCUT2D eigenvalue weighted by atomic mass is 16.5. The standard InChI is InChI=1S/C22H30O7/c1-7-15(23)17(25)9-13-12(3)18(10-16(13)24)29-21(27)19-14(22(19,4)5)8-11(2)20(26)28-6/h7-8,14-15,17-19,23,25H,1,9-10H2,2-6H3/b11-8+/t14-,15?,17-,18+,19+/m1/s1. The second kappa shape index (κ2) is 8.63. The van der Waals surface area contributed by atoms with Crippen molar-refractivity contribution in [2.24, 2.45) is 17.3 Å². The summed E-state index contributed by atoms with van der Waals surface area (Å²) in [5, 5.41) is 19.6. The highest BCUT2D eigenvalue weighted by molar-refractivity contribution is 6.00. The molecule has 0 aromatic rings. The molecule has 160 valence electrons. The van der Waals surface area contributed by atoms with E-state index in [0.717, 1.165) is 0 Å². The molecular weight excluding hydrogens is 376 g/mol. The summed E-state index contributed by atoms with van der Waals surface area (Å²) in [7, 11) is 1.30. The first-order valence-corrected chi connectivity index (χ1v) is 9.64. The number of methoxy groups -OCH3 is 1. The molecule has 2 aliphatic rings. The van der Waals surface area contributed by atoms with Gasteiger partial charge in [0.2, 0.25) is 0 Å². The van der Waals surface area contributed by atoms with Crippen molar-refractivity contribution < 1.29 is 34.1 Å². The highest BCUT2D eigenvalue weighted by Crippen LogP contribution is 2.60. The Bertz CT molecular complexity index is 774. The first-order valence-electron chi connectivity index (χ1n) is 9.64. The summed E-state index contributed by atoms with van der Waals surface area (Å²) in [6, 6.07) is 0. The Labute approximate surface area is 171 Å². The third-order valence-electron chi connectivity index (χ3n) is 6.08. The van der Waals surface area contributed by atoms with Crippen LogP contribution in [0.1, 0.15) is 40.5 Å². The summed E-state index contributed by atoms with van der Waals surface area (Å²) in [6.07, 6.45) is -0.0178. The lowest BCUT2D eigenvalue weighted by Crippen LogP contribution is -2.25. The van der Waals surface area contributed by atoms with Gasteiger partial charge in [-0.2, -0.15) is 0 Å². The monoisotopic (exact) mass is 406 g/mol. The Hall–Kier alpha value is -2.25. The van der Waals surface area contributed by atoms with Crippen molar-refractivity contribution in [1.82, 2.24) is 0 Å². The lowest BCUT2D eigenvalue weighted by atomic mass is 10.0. The molecule has 7 heteroatoms. The van der Waals surface area contributed by atoms with Crippen molar-refractivity contribution in [3.05, 3.63) is 35.5 Å². The summed E-state index contributed by atoms with van der Waals surface area (Å²) < 4.78 is 10.3. The van der Waals surface area contributed by atoms with Gasteiger partial charge in [0.25, 0.3) is 0 Å². The van der Waals surface area contributed by atoms with Gasteiger partial charge in [0.05, 0.1) is 31.7 Å². The molecule has 29 heavy (non-hydrogen) atoms. The van der Waals surface area contributed by atoms with E-state index in [-0.39, 0.29) is 30.0 Å². The van der Waals surface area contributed by atoms with Gasteiger partial charge in [0, 0.05) is 17.6 Å². The summed E-state index contributed by atoms with van der Waals surface area (Å²) >= 11 is 0. The van der Waals surface area contributed by atoms with Gasteiger partial charge >= 0.3 is 11.9 Å². The number of aliphatic hydroxyl groups is 2. The lowest BCUT2D eigenvalue weighted by Gasteiger charge is -2.16. The number of carbonyl (C=O) groups excluding carboxylic acids is 3. The van der Waals surface area contributed by atoms with Gasteiger partial charge in [-0.15, -0.1) is 6.58 Å². The Kier molecular flexibility index (Phi) is 6.86. The SMILES string of the molecule is C=CC(O)[C@H](O)CC1=C(C)[C@@H](OC(=O)[C@@H]2[C@@H](/C=C(\C)C(=O)OC)C2(C)C)CC1=O. The zero-order valence-corrected chi connectivity index (χ0v) is 17.6. The topological polar surface area (TPSA) is 110 Å². The van der Waals surface area contributed by atoms with Crippen molar-refractivity contribution in [1.29, 1.82) is 0 Å². The number of allylic oxidation sites excluding steroid dienone is 1. The maximum atomic E-state index is 12.7. The van der Waals surface area contributed by atoms with E-state index in [1.54, 1.807) is 19.9 Å². The normalized spacial score (nSPS) is 28.0. The maximum absolute atomic E-state index is 12.7. The van der Waals surface area contributed by atoms with Crippen LogP contribution in [0.4, 0.5) is 0 Å². The van der Waals surface area contributed by atoms with E-state index in [4.69, 9.17) is 9.47 Å². The molecule has 0 amide bonds. The zero-order valence-electron chi connectivity index (χ0n) is 17.6. The van der Waals surface area contributed by atoms with Crippen LogP contribution in [0.25, 0.3) is 0 Å². The van der Waals surface area contributed by atoms with E-state index >= 15 is 0 Å². The first kappa shape index (κ1) is 23.0. The largest absolute Gasteiger partial charge is 0.466 e. The summed E-state index contributed by atoms with van der Waals surface area (Å²) in [6.45, 7) is 10.6. The number of hydrogen-bond donors (Lipinski definition) is 2. The number of aliphatic hydroxyl groups excluding tert-OH is 2. The molecule has 0 heterocycles. The molecule has 5 atom stereocenters. The van der Waals surface area contributed by atoms with Crippen LogP contribution in [-0.4, -0.2) is 53.4 Å². The van der Waals surface area contributed by atoms with Crippen molar-refractivity contribution in [3.8, 4) is 0 Å². The quantitative estimate of drug-likeness (QED) is 0.360. The van der Waals surface area contributed by atoms with E-state index in [2.05, 4.69) is 6.58 Å². The third-order valence-corrected chi connectivity index (χ3v) is 6.08. The fourth-order valence-corrected chi connectivity index (χ4v) is 3.90. The van der Waals surface area contributed by atoms with Crippen molar-refractivity contribution in [2.45, 2.75) is 58.8 Å². The lowest BCUT2D eigenvalue weighted by molar-refractivity contribution is -0.150. The van der Waals surface area contributed by atoms with Crippen LogP contribution in [0.5, 0.6) is 0 Å². The minimum absolute atomic E-state index is 0.0233. The van der Waals surface area contributed by atoms with E-state index in [1.165, 1.54) is 13.2 Å². The second-order valence-corrected chi connectivity index (χ2v) is 8.38. The van der Waals surface area contributed by atoms with Gasteiger partial charge in [-0.3, -0.25) is 9.59 Å². The van der Waals surface area contributed by atoms with Crippen molar-refractivity contribution in [2.75, 3.05) is 7.11 Å². The molecule has 2 N–H and O–H groups in total. The maximum Gasteiger partial charge on any atom is 0.333 e. The molecule has 0 aromatic heterocycles. The van der Waals surface area contributed by atoms with Gasteiger partial charge < -0.3 is 19.7 Å². The van der Waals surface area contributed by atoms with Crippen LogP contribution in [0.2, 0.25) is 0 Å². The highest BCUT2D eigenvalue weighted by Gasteiger charge is 2.62. The molecule has 0 bridgehead atoms. The molecule has 2 aliphatic carbocycles. The number of rotatable bonds is 8. The van der Waals surface area contributed by atoms with Crippen LogP contribution in [0.3, 0.4) is 0 Å². The van der Waals surface area contributed by atoms with Gasteiger partial charge in [0.15, 0.2) is 5.78 Å². The smallest absolute Gasteiger partial charge is 0.333 e. The first-order chi connectivity index (χ1) is 13.4. The summed E-state index contributed by atoms with van der Waals surface area (Å²) in [5.74, 6) is -1.63. The molecule has 0 spiro atoms. The molecule has 1 saturated carbocycles. The number of carbonyl (C=O) groups is 3. The van der Waals surface area contributed by atoms with E-state index in [1.807, 2.05) is 13.8 Å². The van der Waals surface area contributed by atoms with Crippen molar-refractivity contribution >= 4 is 17.7 Å². The van der Waals surface area contributed by atoms with E-state index < -0.39 is 36.2 Å². The van der Waals surface area contributed by atoms with Crippen LogP contribution in [-0.2, 0) is 23.9 Å². The third kappa shape index (κ3) is 4.67. The Morgan fingerprint density at radius 2 is 1.97 bits per heavy atom. The fraction of sp³-hybridized carbons (Fsp3) is 0.591. The number of ketones is 1. The van der Waals surface area contributed by atoms with Gasteiger partial charge in [-0.25, -0.2) is 4.79 Å². The average molecular weight is 406 g/mol. The molecule has 0 aliphatic heterocycles. The second-order valence-electron chi connectivity index (χ2n) is 8.38. The minimum atomic E-state index is -1.14. The minimum Gasteiger partial charge on any atom is -0.466 e. The number of Topliss-reactive ketones (excluding diaryl/α,β-unsaturated/α-hetero) is 1. The summed E-state index contributed by atoms with van der Waals surface area (Å²) in [5.41, 5.74) is 1.05. The Morgan fingerprint density at radius 1 is 1.34 bits per heavy atom. The van der Waals surface area contributed by atoms with E-state index in [0.29, 0.717) is 16.7 Å². The predicted molar refractivity (Wildman–Crippen MR) is 106 cm³/mol. The summed E-state index contributed by atoms with van der Waals surface area (Å²) in [4.78, 5) is 36.7. The molecule has 0 aromatic carbocycles. The average Bonchev–Trinajstić information content (AvgIpc) is 3.11. The van der Waals surface area contributed by atoms with E-state index in [9.17, 15) is 24.6 Å². The number of hydrogen-bond acceptors (Lipinski definition) is 7. The van der Waals surface area contributed by atoms with Gasteiger partial charge in [-0.05, 0) is 30.8 Å². The molecule has 0 saturated heterocycles. The number of esters is 2. The van der Waals surface area contributed by atoms with Crippen LogP contribution in [0.15, 0.2) is 35.5 Å². The van der Waals surface area contributed by atoms with Gasteiger partial charge in [-0.1, -0.05) is 26.0 Å². The van der Waals surface area contributed by atoms with Crippen LogP contribution < -0.4 is 0 Å². The molecule has 1 unspecified atom stereocenters. The Balaban J connectivity index is 2.08. The Morgan fingerprint density at radius 3 is 2.52 bits per heavy atom. The molecular formula is C22H30O7. The molecule has 7 nitrogen and oxygen atoms in total. The van der Waals surface area contributed by atoms with Crippen LogP contribution >= 0.6 is 0 Å².